The normalized spacial score (nSPS) is 20.3. The van der Waals surface area contributed by atoms with E-state index in [9.17, 15) is 21.6 Å². The topological polar surface area (TPSA) is 46.4 Å². The fraction of sp³-hybridized carbons (Fsp3) is 1.00. The summed E-state index contributed by atoms with van der Waals surface area (Å²) in [6.07, 6.45) is 0. The summed E-state index contributed by atoms with van der Waals surface area (Å²) in [5.74, 6) is 0. The second-order valence-corrected chi connectivity index (χ2v) is 3.42. The molecule has 8 heteroatoms. The molecule has 0 atom stereocenters. The second kappa shape index (κ2) is 2.32. The molecule has 1 aliphatic heterocycles. The zero-order chi connectivity index (χ0) is 8.70. The van der Waals surface area contributed by atoms with E-state index in [1.165, 1.54) is 0 Å². The molecule has 1 saturated heterocycles. The first-order chi connectivity index (χ1) is 4.83. The van der Waals surface area contributed by atoms with E-state index in [1.807, 2.05) is 0 Å². The molecule has 1 rings (SSSR count). The molecule has 0 spiro atoms. The van der Waals surface area contributed by atoms with Crippen LogP contribution in [-0.4, -0.2) is 32.1 Å². The van der Waals surface area contributed by atoms with Crippen molar-refractivity contribution in [3.8, 4) is 0 Å². The summed E-state index contributed by atoms with van der Waals surface area (Å²) in [4.78, 5) is 0. The van der Waals surface area contributed by atoms with E-state index >= 15 is 0 Å². The summed E-state index contributed by atoms with van der Waals surface area (Å²) in [6, 6.07) is 0. The predicted octanol–water partition coefficient (Wildman–Crippen LogP) is 0.0832. The minimum atomic E-state index is -5.41. The van der Waals surface area contributed by atoms with Crippen molar-refractivity contribution in [2.24, 2.45) is 0 Å². The van der Waals surface area contributed by atoms with Crippen molar-refractivity contribution in [1.82, 2.24) is 5.06 Å². The maximum absolute atomic E-state index is 11.5. The molecular weight excluding hydrogens is 187 g/mol. The number of hydrogen-bond donors (Lipinski definition) is 0. The van der Waals surface area contributed by atoms with Crippen LogP contribution in [0.3, 0.4) is 0 Å². The number of nitrogens with zero attached hydrogens (tertiary/aromatic N) is 1. The molecule has 0 amide bonds. The van der Waals surface area contributed by atoms with E-state index in [0.717, 1.165) is 0 Å². The van der Waals surface area contributed by atoms with Gasteiger partial charge in [0.2, 0.25) is 0 Å². The monoisotopic (exact) mass is 191 g/mol. The number of alkyl halides is 3. The van der Waals surface area contributed by atoms with Crippen LogP contribution in [0, 0.1) is 0 Å². The van der Waals surface area contributed by atoms with E-state index in [4.69, 9.17) is 0 Å². The lowest BCUT2D eigenvalue weighted by Gasteiger charge is -2.06. The third kappa shape index (κ3) is 2.04. The van der Waals surface area contributed by atoms with Crippen molar-refractivity contribution in [3.05, 3.63) is 0 Å². The van der Waals surface area contributed by atoms with Crippen LogP contribution in [0.25, 0.3) is 0 Å². The van der Waals surface area contributed by atoms with Gasteiger partial charge in [-0.05, 0) is 0 Å². The molecule has 0 aromatic heterocycles. The molecule has 0 saturated carbocycles. The van der Waals surface area contributed by atoms with Gasteiger partial charge in [-0.25, -0.2) is 0 Å². The Morgan fingerprint density at radius 3 is 2.00 bits per heavy atom. The molecule has 4 nitrogen and oxygen atoms in total. The smallest absolute Gasteiger partial charge is 0.188 e. The van der Waals surface area contributed by atoms with Crippen LogP contribution in [0.5, 0.6) is 0 Å². The fourth-order valence-corrected chi connectivity index (χ4v) is 0.808. The standard InChI is InChI=1S/C3H4F3NO3S/c4-3(5,6)11(8,9)10-7-1-2-7/h1-2H2. The molecular formula is C3H4F3NO3S. The van der Waals surface area contributed by atoms with Crippen LogP contribution >= 0.6 is 0 Å². The molecule has 0 radical (unpaired) electrons. The van der Waals surface area contributed by atoms with Crippen molar-refractivity contribution in [2.75, 3.05) is 13.1 Å². The quantitative estimate of drug-likeness (QED) is 0.458. The molecule has 11 heavy (non-hydrogen) atoms. The van der Waals surface area contributed by atoms with Crippen LogP contribution in [0.4, 0.5) is 13.2 Å². The Bertz CT molecular complexity index is 241. The van der Waals surface area contributed by atoms with E-state index < -0.39 is 15.6 Å². The van der Waals surface area contributed by atoms with Crippen molar-refractivity contribution in [2.45, 2.75) is 5.51 Å². The third-order valence-corrected chi connectivity index (χ3v) is 1.87. The summed E-state index contributed by atoms with van der Waals surface area (Å²) in [5.41, 5.74) is -5.32. The van der Waals surface area contributed by atoms with Gasteiger partial charge in [-0.15, -0.1) is 0 Å². The zero-order valence-corrected chi connectivity index (χ0v) is 5.94. The molecule has 1 fully saturated rings. The summed E-state index contributed by atoms with van der Waals surface area (Å²) < 4.78 is 58.3. The van der Waals surface area contributed by atoms with Crippen molar-refractivity contribution < 1.29 is 25.9 Å². The Labute approximate surface area is 60.6 Å². The van der Waals surface area contributed by atoms with Gasteiger partial charge in [0.15, 0.2) is 0 Å². The first-order valence-electron chi connectivity index (χ1n) is 2.59. The van der Waals surface area contributed by atoms with Gasteiger partial charge in [-0.3, -0.25) is 0 Å². The summed E-state index contributed by atoms with van der Waals surface area (Å²) in [6.45, 7) is 0.435. The van der Waals surface area contributed by atoms with E-state index in [2.05, 4.69) is 4.28 Å². The Kier molecular flexibility index (Phi) is 1.85. The summed E-state index contributed by atoms with van der Waals surface area (Å²) in [7, 11) is -5.41. The number of hydroxylamine groups is 2. The van der Waals surface area contributed by atoms with Gasteiger partial charge in [-0.1, -0.05) is 0 Å². The molecule has 0 N–H and O–H groups in total. The molecule has 1 aliphatic rings. The van der Waals surface area contributed by atoms with E-state index in [-0.39, 0.29) is 13.1 Å². The van der Waals surface area contributed by atoms with Gasteiger partial charge in [0.1, 0.15) is 0 Å². The van der Waals surface area contributed by atoms with E-state index in [1.54, 1.807) is 0 Å². The minimum absolute atomic E-state index is 0.218. The lowest BCUT2D eigenvalue weighted by molar-refractivity contribution is -0.0687. The number of halogens is 3. The van der Waals surface area contributed by atoms with Crippen LogP contribution in [0.1, 0.15) is 0 Å². The molecule has 0 aromatic carbocycles. The Morgan fingerprint density at radius 1 is 1.27 bits per heavy atom. The highest BCUT2D eigenvalue weighted by Crippen LogP contribution is 2.26. The van der Waals surface area contributed by atoms with Crippen LogP contribution in [-0.2, 0) is 14.4 Å². The van der Waals surface area contributed by atoms with Gasteiger partial charge < -0.3 is 0 Å². The molecule has 1 heterocycles. The fourth-order valence-electron chi connectivity index (χ4n) is 0.296. The Balaban J connectivity index is 2.65. The summed E-state index contributed by atoms with van der Waals surface area (Å²) in [5, 5.41) is 0.697. The molecule has 0 aliphatic carbocycles. The van der Waals surface area contributed by atoms with Crippen LogP contribution in [0.15, 0.2) is 0 Å². The zero-order valence-electron chi connectivity index (χ0n) is 5.13. The summed E-state index contributed by atoms with van der Waals surface area (Å²) >= 11 is 0. The number of hydrogen-bond acceptors (Lipinski definition) is 4. The second-order valence-electron chi connectivity index (χ2n) is 1.90. The Morgan fingerprint density at radius 2 is 1.73 bits per heavy atom. The van der Waals surface area contributed by atoms with Crippen LogP contribution < -0.4 is 0 Å². The lowest BCUT2D eigenvalue weighted by Crippen LogP contribution is -2.27. The SMILES string of the molecule is O=S(=O)(ON1CC1)C(F)(F)F. The van der Waals surface area contributed by atoms with Gasteiger partial charge >= 0.3 is 15.6 Å². The predicted molar refractivity (Wildman–Crippen MR) is 27.6 cm³/mol. The maximum atomic E-state index is 11.5. The molecule has 0 unspecified atom stereocenters. The van der Waals surface area contributed by atoms with Gasteiger partial charge in [0.05, 0.1) is 0 Å². The highest BCUT2D eigenvalue weighted by molar-refractivity contribution is 7.87. The van der Waals surface area contributed by atoms with Crippen molar-refractivity contribution >= 4 is 10.1 Å². The molecule has 66 valence electrons. The average molecular weight is 191 g/mol. The Hall–Kier alpha value is -0.340. The van der Waals surface area contributed by atoms with Gasteiger partial charge in [-0.2, -0.15) is 30.9 Å². The first kappa shape index (κ1) is 8.75. The molecule has 0 aromatic rings. The first-order valence-corrected chi connectivity index (χ1v) is 3.99. The highest BCUT2D eigenvalue weighted by atomic mass is 32.2. The van der Waals surface area contributed by atoms with E-state index in [0.29, 0.717) is 5.06 Å². The highest BCUT2D eigenvalue weighted by Gasteiger charge is 2.50. The largest absolute Gasteiger partial charge is 0.524 e. The van der Waals surface area contributed by atoms with Crippen LogP contribution in [0.2, 0.25) is 0 Å². The minimum Gasteiger partial charge on any atom is -0.188 e. The average Bonchev–Trinajstić information content (AvgIpc) is 2.45. The lowest BCUT2D eigenvalue weighted by atomic mass is 11.0. The van der Waals surface area contributed by atoms with Crippen molar-refractivity contribution in [1.29, 1.82) is 0 Å². The van der Waals surface area contributed by atoms with Crippen molar-refractivity contribution in [3.63, 3.8) is 0 Å². The third-order valence-electron chi connectivity index (χ3n) is 0.893. The van der Waals surface area contributed by atoms with Gasteiger partial charge in [0, 0.05) is 13.1 Å². The number of rotatable bonds is 2. The molecule has 0 bridgehead atoms. The van der Waals surface area contributed by atoms with Gasteiger partial charge in [0.25, 0.3) is 0 Å². The maximum Gasteiger partial charge on any atom is 0.524 e.